The molecule has 0 bridgehead atoms. The molecule has 0 N–H and O–H groups in total. The van der Waals surface area contributed by atoms with E-state index in [0.29, 0.717) is 11.1 Å². The lowest BCUT2D eigenvalue weighted by atomic mass is 9.83. The number of cyclic esters (lactones) is 1. The predicted octanol–water partition coefficient (Wildman–Crippen LogP) is 2.70. The first-order valence-corrected chi connectivity index (χ1v) is 6.83. The number of carbonyl (C=O) groups is 2. The van der Waals surface area contributed by atoms with Gasteiger partial charge in [-0.25, -0.2) is 9.59 Å². The molecule has 2 aromatic rings. The second kappa shape index (κ2) is 5.48. The fraction of sp³-hybridized carbons (Fsp3) is 0.111. The van der Waals surface area contributed by atoms with Crippen molar-refractivity contribution in [1.29, 1.82) is 0 Å². The Labute approximate surface area is 128 Å². The molecule has 1 aliphatic rings. The SMILES string of the molecule is COC(=O)[C@]1(c2ccccc2)OC(=O)C=C1c1ccccc1. The molecule has 0 unspecified atom stereocenters. The van der Waals surface area contributed by atoms with Crippen LogP contribution in [0.4, 0.5) is 0 Å². The van der Waals surface area contributed by atoms with Crippen LogP contribution in [0.1, 0.15) is 11.1 Å². The van der Waals surface area contributed by atoms with E-state index in [1.54, 1.807) is 24.3 Å². The second-order valence-electron chi connectivity index (χ2n) is 4.88. The average molecular weight is 294 g/mol. The van der Waals surface area contributed by atoms with Crippen LogP contribution in [0, 0.1) is 0 Å². The van der Waals surface area contributed by atoms with Gasteiger partial charge in [0, 0.05) is 17.2 Å². The van der Waals surface area contributed by atoms with Crippen molar-refractivity contribution in [3.8, 4) is 0 Å². The fourth-order valence-corrected chi connectivity index (χ4v) is 2.66. The standard InChI is InChI=1S/C18H14O4/c1-21-17(20)18(14-10-6-3-7-11-14)15(12-16(19)22-18)13-8-4-2-5-9-13/h2-12H,1H3/t18-/m1/s1. The molecule has 1 aliphatic heterocycles. The van der Waals surface area contributed by atoms with Crippen LogP contribution in [0.3, 0.4) is 0 Å². The zero-order chi connectivity index (χ0) is 15.6. The highest BCUT2D eigenvalue weighted by molar-refractivity contribution is 6.09. The summed E-state index contributed by atoms with van der Waals surface area (Å²) in [4.78, 5) is 24.5. The number of hydrogen-bond acceptors (Lipinski definition) is 4. The van der Waals surface area contributed by atoms with E-state index in [4.69, 9.17) is 9.47 Å². The Morgan fingerprint density at radius 1 is 1.00 bits per heavy atom. The number of benzene rings is 2. The molecule has 0 radical (unpaired) electrons. The first-order chi connectivity index (χ1) is 10.7. The van der Waals surface area contributed by atoms with Crippen LogP contribution in [0.15, 0.2) is 66.7 Å². The van der Waals surface area contributed by atoms with E-state index in [1.165, 1.54) is 13.2 Å². The minimum absolute atomic E-state index is 0.483. The molecule has 0 aliphatic carbocycles. The molecule has 0 spiro atoms. The molecule has 2 aromatic carbocycles. The second-order valence-corrected chi connectivity index (χ2v) is 4.88. The summed E-state index contributed by atoms with van der Waals surface area (Å²) in [6.45, 7) is 0. The highest BCUT2D eigenvalue weighted by atomic mass is 16.6. The summed E-state index contributed by atoms with van der Waals surface area (Å²) >= 11 is 0. The van der Waals surface area contributed by atoms with Gasteiger partial charge < -0.3 is 9.47 Å². The van der Waals surface area contributed by atoms with Crippen LogP contribution < -0.4 is 0 Å². The van der Waals surface area contributed by atoms with Gasteiger partial charge in [0.1, 0.15) is 0 Å². The van der Waals surface area contributed by atoms with Crippen molar-refractivity contribution in [2.45, 2.75) is 5.60 Å². The number of esters is 2. The maximum absolute atomic E-state index is 12.5. The lowest BCUT2D eigenvalue weighted by Gasteiger charge is -2.28. The third-order valence-electron chi connectivity index (χ3n) is 3.63. The largest absolute Gasteiger partial charge is 0.466 e. The van der Waals surface area contributed by atoms with Gasteiger partial charge in [0.05, 0.1) is 7.11 Å². The zero-order valence-electron chi connectivity index (χ0n) is 12.0. The van der Waals surface area contributed by atoms with Crippen LogP contribution >= 0.6 is 0 Å². The normalized spacial score (nSPS) is 20.2. The van der Waals surface area contributed by atoms with Gasteiger partial charge in [-0.05, 0) is 5.56 Å². The van der Waals surface area contributed by atoms with E-state index in [-0.39, 0.29) is 0 Å². The van der Waals surface area contributed by atoms with E-state index < -0.39 is 17.5 Å². The average Bonchev–Trinajstić information content (AvgIpc) is 2.94. The molecule has 4 nitrogen and oxygen atoms in total. The summed E-state index contributed by atoms with van der Waals surface area (Å²) in [5.74, 6) is -1.19. The molecule has 0 aromatic heterocycles. The Morgan fingerprint density at radius 2 is 1.59 bits per heavy atom. The van der Waals surface area contributed by atoms with E-state index in [0.717, 1.165) is 5.56 Å². The van der Waals surface area contributed by atoms with Gasteiger partial charge in [0.25, 0.3) is 5.60 Å². The molecule has 4 heteroatoms. The Balaban J connectivity index is 2.24. The van der Waals surface area contributed by atoms with E-state index in [1.807, 2.05) is 36.4 Å². The van der Waals surface area contributed by atoms with Crippen LogP contribution in [0.5, 0.6) is 0 Å². The lowest BCUT2D eigenvalue weighted by molar-refractivity contribution is -0.169. The van der Waals surface area contributed by atoms with Crippen LogP contribution in [0.25, 0.3) is 5.57 Å². The molecule has 22 heavy (non-hydrogen) atoms. The third-order valence-corrected chi connectivity index (χ3v) is 3.63. The Hall–Kier alpha value is -2.88. The molecule has 0 fully saturated rings. The van der Waals surface area contributed by atoms with Crippen molar-refractivity contribution in [2.24, 2.45) is 0 Å². The number of carbonyl (C=O) groups excluding carboxylic acids is 2. The first kappa shape index (κ1) is 14.1. The van der Waals surface area contributed by atoms with Gasteiger partial charge in [0.2, 0.25) is 0 Å². The molecule has 3 rings (SSSR count). The maximum Gasteiger partial charge on any atom is 0.360 e. The smallest absolute Gasteiger partial charge is 0.360 e. The van der Waals surface area contributed by atoms with Gasteiger partial charge in [-0.1, -0.05) is 60.7 Å². The first-order valence-electron chi connectivity index (χ1n) is 6.83. The number of hydrogen-bond donors (Lipinski definition) is 0. The van der Waals surface area contributed by atoms with Gasteiger partial charge >= 0.3 is 11.9 Å². The van der Waals surface area contributed by atoms with Gasteiger partial charge in [-0.15, -0.1) is 0 Å². The number of ether oxygens (including phenoxy) is 2. The van der Waals surface area contributed by atoms with Crippen molar-refractivity contribution in [1.82, 2.24) is 0 Å². The molecule has 0 saturated carbocycles. The number of rotatable bonds is 3. The summed E-state index contributed by atoms with van der Waals surface area (Å²) in [7, 11) is 1.28. The quantitative estimate of drug-likeness (QED) is 0.817. The number of methoxy groups -OCH3 is 1. The molecule has 0 amide bonds. The van der Waals surface area contributed by atoms with Crippen molar-refractivity contribution in [3.05, 3.63) is 77.9 Å². The van der Waals surface area contributed by atoms with Crippen molar-refractivity contribution < 1.29 is 19.1 Å². The van der Waals surface area contributed by atoms with E-state index in [9.17, 15) is 9.59 Å². The fourth-order valence-electron chi connectivity index (χ4n) is 2.66. The molecular formula is C18H14O4. The summed E-state index contributed by atoms with van der Waals surface area (Å²) in [6, 6.07) is 18.1. The Kier molecular flexibility index (Phi) is 3.51. The van der Waals surface area contributed by atoms with E-state index >= 15 is 0 Å². The third kappa shape index (κ3) is 2.09. The summed E-state index contributed by atoms with van der Waals surface area (Å²) in [6.07, 6.45) is 1.35. The Bertz CT molecular complexity index is 734. The summed E-state index contributed by atoms with van der Waals surface area (Å²) in [5.41, 5.74) is 0.218. The minimum atomic E-state index is -1.56. The zero-order valence-corrected chi connectivity index (χ0v) is 12.0. The predicted molar refractivity (Wildman–Crippen MR) is 80.6 cm³/mol. The summed E-state index contributed by atoms with van der Waals surface area (Å²) < 4.78 is 10.4. The van der Waals surface area contributed by atoms with Gasteiger partial charge in [-0.3, -0.25) is 0 Å². The summed E-state index contributed by atoms with van der Waals surface area (Å²) in [5, 5.41) is 0. The van der Waals surface area contributed by atoms with Crippen LogP contribution in [0.2, 0.25) is 0 Å². The highest BCUT2D eigenvalue weighted by Crippen LogP contribution is 2.44. The topological polar surface area (TPSA) is 52.6 Å². The van der Waals surface area contributed by atoms with E-state index in [2.05, 4.69) is 0 Å². The van der Waals surface area contributed by atoms with Gasteiger partial charge in [0.15, 0.2) is 0 Å². The molecule has 1 atom stereocenters. The monoisotopic (exact) mass is 294 g/mol. The Morgan fingerprint density at radius 3 is 2.18 bits per heavy atom. The van der Waals surface area contributed by atoms with Crippen molar-refractivity contribution in [2.75, 3.05) is 7.11 Å². The molecule has 1 heterocycles. The lowest BCUT2D eigenvalue weighted by Crippen LogP contribution is -2.39. The molecular weight excluding hydrogens is 280 g/mol. The van der Waals surface area contributed by atoms with Crippen molar-refractivity contribution in [3.63, 3.8) is 0 Å². The van der Waals surface area contributed by atoms with Crippen LogP contribution in [-0.2, 0) is 24.7 Å². The highest BCUT2D eigenvalue weighted by Gasteiger charge is 2.53. The van der Waals surface area contributed by atoms with Gasteiger partial charge in [-0.2, -0.15) is 0 Å². The minimum Gasteiger partial charge on any atom is -0.466 e. The molecule has 110 valence electrons. The van der Waals surface area contributed by atoms with Crippen molar-refractivity contribution >= 4 is 17.5 Å². The molecule has 0 saturated heterocycles. The van der Waals surface area contributed by atoms with Crippen LogP contribution in [-0.4, -0.2) is 19.0 Å². The maximum atomic E-state index is 12.5.